The normalized spacial score (nSPS) is 19.0. The smallest absolute Gasteiger partial charge is 0.329 e. The van der Waals surface area contributed by atoms with Crippen LogP contribution in [0.2, 0.25) is 0 Å². The molecule has 0 spiro atoms. The maximum atomic E-state index is 12.7. The van der Waals surface area contributed by atoms with Crippen molar-refractivity contribution in [2.24, 2.45) is 11.1 Å². The monoisotopic (exact) mass is 299 g/mol. The molecule has 5 heteroatoms. The number of benzene rings is 1. The quantitative estimate of drug-likeness (QED) is 0.672. The SMILES string of the molecule is NCC1(C(=O)c2ccc(C(F)(F)F)cc2)CCCCCC1. The molecule has 2 nitrogen and oxygen atoms in total. The van der Waals surface area contributed by atoms with Crippen molar-refractivity contribution >= 4 is 5.78 Å². The standard InChI is InChI=1S/C16H20F3NO/c17-16(18,19)13-7-5-12(6-8-13)14(21)15(11-20)9-3-1-2-4-10-15/h5-8H,1-4,9-11,20H2. The fraction of sp³-hybridized carbons (Fsp3) is 0.562. The molecule has 1 aromatic carbocycles. The Bertz CT molecular complexity index is 485. The van der Waals surface area contributed by atoms with Crippen LogP contribution in [-0.4, -0.2) is 12.3 Å². The number of halogens is 3. The number of hydrogen-bond donors (Lipinski definition) is 1. The van der Waals surface area contributed by atoms with Crippen LogP contribution in [-0.2, 0) is 6.18 Å². The summed E-state index contributed by atoms with van der Waals surface area (Å²) in [5.41, 5.74) is 4.84. The van der Waals surface area contributed by atoms with Crippen molar-refractivity contribution < 1.29 is 18.0 Å². The van der Waals surface area contributed by atoms with Gasteiger partial charge in [-0.25, -0.2) is 0 Å². The van der Waals surface area contributed by atoms with Crippen molar-refractivity contribution in [1.82, 2.24) is 0 Å². The van der Waals surface area contributed by atoms with Crippen molar-refractivity contribution in [3.05, 3.63) is 35.4 Å². The minimum Gasteiger partial charge on any atom is -0.329 e. The molecule has 0 aromatic heterocycles. The van der Waals surface area contributed by atoms with E-state index in [1.54, 1.807) is 0 Å². The minimum atomic E-state index is -4.38. The van der Waals surface area contributed by atoms with E-state index in [0.29, 0.717) is 5.56 Å². The first-order valence-corrected chi connectivity index (χ1v) is 7.31. The highest BCUT2D eigenvalue weighted by Crippen LogP contribution is 2.38. The molecular weight excluding hydrogens is 279 g/mol. The molecule has 1 aliphatic carbocycles. The van der Waals surface area contributed by atoms with Crippen LogP contribution >= 0.6 is 0 Å². The van der Waals surface area contributed by atoms with E-state index in [1.165, 1.54) is 12.1 Å². The average Bonchev–Trinajstić information content (AvgIpc) is 2.72. The largest absolute Gasteiger partial charge is 0.416 e. The molecule has 2 N–H and O–H groups in total. The molecule has 1 aliphatic rings. The lowest BCUT2D eigenvalue weighted by Crippen LogP contribution is -2.38. The first kappa shape index (κ1) is 16.0. The van der Waals surface area contributed by atoms with Gasteiger partial charge in [0.1, 0.15) is 0 Å². The van der Waals surface area contributed by atoms with E-state index < -0.39 is 17.2 Å². The second kappa shape index (κ2) is 6.18. The molecule has 0 saturated heterocycles. The highest BCUT2D eigenvalue weighted by molar-refractivity contribution is 6.00. The van der Waals surface area contributed by atoms with Gasteiger partial charge in [0.25, 0.3) is 0 Å². The van der Waals surface area contributed by atoms with Crippen LogP contribution in [0.1, 0.15) is 54.4 Å². The van der Waals surface area contributed by atoms with Crippen molar-refractivity contribution in [3.8, 4) is 0 Å². The number of nitrogens with two attached hydrogens (primary N) is 1. The lowest BCUT2D eigenvalue weighted by atomic mass is 9.74. The van der Waals surface area contributed by atoms with Gasteiger partial charge in [-0.1, -0.05) is 37.8 Å². The molecule has 0 radical (unpaired) electrons. The fourth-order valence-corrected chi connectivity index (χ4v) is 3.05. The van der Waals surface area contributed by atoms with Crippen LogP contribution in [0.25, 0.3) is 0 Å². The van der Waals surface area contributed by atoms with E-state index in [2.05, 4.69) is 0 Å². The maximum absolute atomic E-state index is 12.7. The molecule has 0 aliphatic heterocycles. The van der Waals surface area contributed by atoms with Crippen LogP contribution in [0.5, 0.6) is 0 Å². The number of Topliss-reactive ketones (excluding diaryl/α,β-unsaturated/α-hetero) is 1. The third kappa shape index (κ3) is 3.46. The molecular formula is C16H20F3NO. The molecule has 0 bridgehead atoms. The van der Waals surface area contributed by atoms with E-state index in [-0.39, 0.29) is 12.3 Å². The van der Waals surface area contributed by atoms with Crippen LogP contribution < -0.4 is 5.73 Å². The molecule has 1 aromatic rings. The van der Waals surface area contributed by atoms with Crippen molar-refractivity contribution in [1.29, 1.82) is 0 Å². The van der Waals surface area contributed by atoms with Gasteiger partial charge in [0.2, 0.25) is 0 Å². The summed E-state index contributed by atoms with van der Waals surface area (Å²) in [7, 11) is 0. The second-order valence-electron chi connectivity index (χ2n) is 5.80. The summed E-state index contributed by atoms with van der Waals surface area (Å²) in [6, 6.07) is 4.48. The zero-order chi connectivity index (χ0) is 15.5. The topological polar surface area (TPSA) is 43.1 Å². The predicted octanol–water partition coefficient (Wildman–Crippen LogP) is 4.19. The lowest BCUT2D eigenvalue weighted by molar-refractivity contribution is -0.137. The number of hydrogen-bond acceptors (Lipinski definition) is 2. The molecule has 1 fully saturated rings. The lowest BCUT2D eigenvalue weighted by Gasteiger charge is -2.29. The predicted molar refractivity (Wildman–Crippen MR) is 75.0 cm³/mol. The number of carbonyl (C=O) groups excluding carboxylic acids is 1. The number of ketones is 1. The fourth-order valence-electron chi connectivity index (χ4n) is 3.05. The molecule has 2 rings (SSSR count). The number of alkyl halides is 3. The van der Waals surface area contributed by atoms with Gasteiger partial charge < -0.3 is 5.73 Å². The van der Waals surface area contributed by atoms with Crippen LogP contribution in [0.4, 0.5) is 13.2 Å². The minimum absolute atomic E-state index is 0.111. The van der Waals surface area contributed by atoms with Gasteiger partial charge >= 0.3 is 6.18 Å². The summed E-state index contributed by atoms with van der Waals surface area (Å²) in [6.07, 6.45) is 1.14. The van der Waals surface area contributed by atoms with E-state index in [1.807, 2.05) is 0 Å². The molecule has 116 valence electrons. The highest BCUT2D eigenvalue weighted by atomic mass is 19.4. The Hall–Kier alpha value is -1.36. The number of rotatable bonds is 3. The summed E-state index contributed by atoms with van der Waals surface area (Å²) in [5, 5.41) is 0. The summed E-state index contributed by atoms with van der Waals surface area (Å²) in [6.45, 7) is 0.257. The summed E-state index contributed by atoms with van der Waals surface area (Å²) in [4.78, 5) is 12.7. The van der Waals surface area contributed by atoms with E-state index in [9.17, 15) is 18.0 Å². The van der Waals surface area contributed by atoms with Crippen molar-refractivity contribution in [3.63, 3.8) is 0 Å². The van der Waals surface area contributed by atoms with Crippen molar-refractivity contribution in [2.75, 3.05) is 6.54 Å². The zero-order valence-electron chi connectivity index (χ0n) is 11.9. The molecule has 0 unspecified atom stereocenters. The van der Waals surface area contributed by atoms with Gasteiger partial charge in [-0.15, -0.1) is 0 Å². The summed E-state index contributed by atoms with van der Waals surface area (Å²) < 4.78 is 37.7. The average molecular weight is 299 g/mol. The molecule has 0 atom stereocenters. The molecule has 1 saturated carbocycles. The second-order valence-corrected chi connectivity index (χ2v) is 5.80. The molecule has 21 heavy (non-hydrogen) atoms. The Morgan fingerprint density at radius 1 is 1.05 bits per heavy atom. The summed E-state index contributed by atoms with van der Waals surface area (Å²) in [5.74, 6) is -0.111. The first-order valence-electron chi connectivity index (χ1n) is 7.31. The zero-order valence-corrected chi connectivity index (χ0v) is 11.9. The summed E-state index contributed by atoms with van der Waals surface area (Å²) >= 11 is 0. The van der Waals surface area contributed by atoms with E-state index >= 15 is 0 Å². The highest BCUT2D eigenvalue weighted by Gasteiger charge is 2.38. The van der Waals surface area contributed by atoms with Gasteiger partial charge in [-0.2, -0.15) is 13.2 Å². The van der Waals surface area contributed by atoms with E-state index in [0.717, 1.165) is 50.7 Å². The van der Waals surface area contributed by atoms with Gasteiger partial charge in [0, 0.05) is 17.5 Å². The van der Waals surface area contributed by atoms with Crippen LogP contribution in [0.3, 0.4) is 0 Å². The Kier molecular flexibility index (Phi) is 4.71. The number of carbonyl (C=O) groups is 1. The van der Waals surface area contributed by atoms with Gasteiger partial charge in [-0.3, -0.25) is 4.79 Å². The Morgan fingerprint density at radius 2 is 1.57 bits per heavy atom. The van der Waals surface area contributed by atoms with Gasteiger partial charge in [0.05, 0.1) is 5.56 Å². The third-order valence-electron chi connectivity index (χ3n) is 4.41. The van der Waals surface area contributed by atoms with Gasteiger partial charge in [-0.05, 0) is 25.0 Å². The molecule has 0 amide bonds. The Balaban J connectivity index is 2.25. The van der Waals surface area contributed by atoms with Crippen molar-refractivity contribution in [2.45, 2.75) is 44.7 Å². The van der Waals surface area contributed by atoms with E-state index in [4.69, 9.17) is 5.73 Å². The maximum Gasteiger partial charge on any atom is 0.416 e. The van der Waals surface area contributed by atoms with Crippen LogP contribution in [0.15, 0.2) is 24.3 Å². The molecule has 0 heterocycles. The third-order valence-corrected chi connectivity index (χ3v) is 4.41. The van der Waals surface area contributed by atoms with Crippen LogP contribution in [0, 0.1) is 5.41 Å². The van der Waals surface area contributed by atoms with Gasteiger partial charge in [0.15, 0.2) is 5.78 Å². The first-order chi connectivity index (χ1) is 9.89. The Labute approximate surface area is 122 Å². The Morgan fingerprint density at radius 3 is 2.00 bits per heavy atom.